The lowest BCUT2D eigenvalue weighted by atomic mass is 9.84. The SMILES string of the molecule is Cc1cc(C)cc(N(C(=O)c2ccc3c4ccc(C(N)=O)c5c(C(N)=O)ccc(c6ccc(C(N)=O)c2c63)c54)c2cc(C)cc(C)c2)c1. The van der Waals surface area contributed by atoms with Gasteiger partial charge in [0.15, 0.2) is 0 Å². The minimum Gasteiger partial charge on any atom is -0.366 e. The topological polar surface area (TPSA) is 150 Å². The Morgan fingerprint density at radius 2 is 0.708 bits per heavy atom. The van der Waals surface area contributed by atoms with Gasteiger partial charge >= 0.3 is 0 Å². The minimum atomic E-state index is -0.694. The molecule has 7 rings (SSSR count). The van der Waals surface area contributed by atoms with Crippen molar-refractivity contribution in [3.05, 3.63) is 129 Å². The van der Waals surface area contributed by atoms with Crippen LogP contribution < -0.4 is 22.1 Å². The van der Waals surface area contributed by atoms with Gasteiger partial charge in [0.25, 0.3) is 5.91 Å². The predicted octanol–water partition coefficient (Wildman–Crippen LogP) is 7.25. The first kappa shape index (κ1) is 30.4. The van der Waals surface area contributed by atoms with Crippen LogP contribution in [-0.2, 0) is 0 Å². The Labute approximate surface area is 276 Å². The van der Waals surface area contributed by atoms with Crippen LogP contribution in [-0.4, -0.2) is 23.6 Å². The van der Waals surface area contributed by atoms with Gasteiger partial charge in [0.1, 0.15) is 0 Å². The molecule has 8 heteroatoms. The van der Waals surface area contributed by atoms with Gasteiger partial charge in [-0.2, -0.15) is 0 Å². The minimum absolute atomic E-state index is 0.169. The van der Waals surface area contributed by atoms with E-state index in [1.807, 2.05) is 70.2 Å². The van der Waals surface area contributed by atoms with Crippen molar-refractivity contribution in [1.29, 1.82) is 0 Å². The van der Waals surface area contributed by atoms with Gasteiger partial charge in [-0.1, -0.05) is 36.4 Å². The molecule has 0 bridgehead atoms. The lowest BCUT2D eigenvalue weighted by Crippen LogP contribution is -2.27. The maximum atomic E-state index is 15.1. The van der Waals surface area contributed by atoms with E-state index in [1.54, 1.807) is 47.4 Å². The number of rotatable bonds is 6. The molecule has 0 aliphatic carbocycles. The molecule has 0 fully saturated rings. The van der Waals surface area contributed by atoms with Crippen LogP contribution in [0.5, 0.6) is 0 Å². The van der Waals surface area contributed by atoms with Crippen molar-refractivity contribution in [2.45, 2.75) is 27.7 Å². The summed E-state index contributed by atoms with van der Waals surface area (Å²) in [5.41, 5.74) is 23.7. The van der Waals surface area contributed by atoms with E-state index in [0.29, 0.717) is 60.0 Å². The fraction of sp³-hybridized carbons (Fsp3) is 0.100. The Morgan fingerprint density at radius 1 is 0.417 bits per heavy atom. The van der Waals surface area contributed by atoms with E-state index in [1.165, 1.54) is 0 Å². The first-order valence-corrected chi connectivity index (χ1v) is 15.5. The molecule has 6 N–H and O–H groups in total. The largest absolute Gasteiger partial charge is 0.366 e. The summed E-state index contributed by atoms with van der Waals surface area (Å²) < 4.78 is 0. The summed E-state index contributed by atoms with van der Waals surface area (Å²) in [6, 6.07) is 25.6. The molecule has 7 aromatic rings. The van der Waals surface area contributed by atoms with Crippen LogP contribution in [0.2, 0.25) is 0 Å². The zero-order valence-corrected chi connectivity index (χ0v) is 26.9. The number of hydrogen-bond acceptors (Lipinski definition) is 4. The second-order valence-electron chi connectivity index (χ2n) is 12.6. The fourth-order valence-corrected chi connectivity index (χ4v) is 7.35. The molecule has 0 spiro atoms. The van der Waals surface area contributed by atoms with Crippen molar-refractivity contribution in [3.63, 3.8) is 0 Å². The summed E-state index contributed by atoms with van der Waals surface area (Å²) in [4.78, 5) is 54.9. The van der Waals surface area contributed by atoms with Gasteiger partial charge in [-0.3, -0.25) is 24.1 Å². The molecule has 4 amide bonds. The number of nitrogens with zero attached hydrogens (tertiary/aromatic N) is 1. The van der Waals surface area contributed by atoms with E-state index in [0.717, 1.165) is 22.3 Å². The van der Waals surface area contributed by atoms with Gasteiger partial charge in [-0.15, -0.1) is 0 Å². The van der Waals surface area contributed by atoms with Crippen molar-refractivity contribution in [2.75, 3.05) is 4.90 Å². The average molecular weight is 633 g/mol. The number of benzene rings is 7. The highest BCUT2D eigenvalue weighted by molar-refractivity contribution is 6.39. The maximum absolute atomic E-state index is 15.1. The number of carbonyl (C=O) groups excluding carboxylic acids is 4. The van der Waals surface area contributed by atoms with Crippen molar-refractivity contribution in [3.8, 4) is 0 Å². The Morgan fingerprint density at radius 3 is 1.02 bits per heavy atom. The number of anilines is 2. The molecule has 0 aromatic heterocycles. The van der Waals surface area contributed by atoms with Crippen LogP contribution in [0.25, 0.3) is 43.1 Å². The molecule has 0 saturated carbocycles. The maximum Gasteiger partial charge on any atom is 0.263 e. The fourth-order valence-electron chi connectivity index (χ4n) is 7.35. The predicted molar refractivity (Wildman–Crippen MR) is 192 cm³/mol. The van der Waals surface area contributed by atoms with E-state index in [2.05, 4.69) is 0 Å². The third-order valence-corrected chi connectivity index (χ3v) is 9.06. The van der Waals surface area contributed by atoms with Gasteiger partial charge in [0, 0.05) is 44.4 Å². The van der Waals surface area contributed by atoms with Crippen LogP contribution in [0.4, 0.5) is 11.4 Å². The monoisotopic (exact) mass is 632 g/mol. The number of amides is 4. The number of carbonyl (C=O) groups is 4. The Hall–Kier alpha value is -6.28. The van der Waals surface area contributed by atoms with Crippen LogP contribution in [0.15, 0.2) is 84.9 Å². The lowest BCUT2D eigenvalue weighted by molar-refractivity contribution is 0.0988. The van der Waals surface area contributed by atoms with Crippen LogP contribution in [0, 0.1) is 27.7 Å². The summed E-state index contributed by atoms with van der Waals surface area (Å²) in [6.45, 7) is 7.94. The summed E-state index contributed by atoms with van der Waals surface area (Å²) in [7, 11) is 0. The van der Waals surface area contributed by atoms with E-state index in [-0.39, 0.29) is 22.6 Å². The van der Waals surface area contributed by atoms with Gasteiger partial charge < -0.3 is 17.2 Å². The Balaban J connectivity index is 1.62. The van der Waals surface area contributed by atoms with E-state index in [9.17, 15) is 14.4 Å². The summed E-state index contributed by atoms with van der Waals surface area (Å²) in [5.74, 6) is -2.40. The summed E-state index contributed by atoms with van der Waals surface area (Å²) >= 11 is 0. The molecule has 8 nitrogen and oxygen atoms in total. The van der Waals surface area contributed by atoms with Crippen LogP contribution in [0.1, 0.15) is 63.7 Å². The quantitative estimate of drug-likeness (QED) is 0.131. The summed E-state index contributed by atoms with van der Waals surface area (Å²) in [6.07, 6.45) is 0. The number of primary amides is 3. The average Bonchev–Trinajstić information content (AvgIpc) is 3.01. The molecular formula is C40H32N4O4. The van der Waals surface area contributed by atoms with E-state index in [4.69, 9.17) is 17.2 Å². The molecule has 0 radical (unpaired) electrons. The normalized spacial score (nSPS) is 11.5. The number of aryl methyl sites for hydroxylation is 4. The molecule has 0 aliphatic rings. The highest BCUT2D eigenvalue weighted by Gasteiger charge is 2.28. The first-order chi connectivity index (χ1) is 22.8. The van der Waals surface area contributed by atoms with Crippen molar-refractivity contribution in [2.24, 2.45) is 17.2 Å². The standard InChI is InChI=1S/C40H32N4O4/c1-19-13-20(2)16-23(15-19)44(24-17-21(3)14-22(4)18-24)40(48)32-12-8-28-26-6-10-30(38(42)46)35-29(37(41)45)9-5-25(33(26)35)27-7-11-31(39(43)47)36(32)34(27)28/h5-18H,1-4H3,(H2,41,45)(H2,42,46)(H2,43,47). The second kappa shape index (κ2) is 10.9. The molecule has 236 valence electrons. The molecule has 0 atom stereocenters. The van der Waals surface area contributed by atoms with Crippen molar-refractivity contribution >= 4 is 78.1 Å². The summed E-state index contributed by atoms with van der Waals surface area (Å²) in [5, 5.41) is 4.88. The molecule has 48 heavy (non-hydrogen) atoms. The molecule has 7 aromatic carbocycles. The van der Waals surface area contributed by atoms with Crippen LogP contribution in [0.3, 0.4) is 0 Å². The number of fused-ring (bicyclic) bond motifs is 2. The molecule has 0 saturated heterocycles. The second-order valence-corrected chi connectivity index (χ2v) is 12.6. The van der Waals surface area contributed by atoms with E-state index < -0.39 is 17.7 Å². The lowest BCUT2D eigenvalue weighted by Gasteiger charge is -2.26. The third-order valence-electron chi connectivity index (χ3n) is 9.06. The number of nitrogens with two attached hydrogens (primary N) is 3. The highest BCUT2D eigenvalue weighted by atomic mass is 16.2. The zero-order valence-electron chi connectivity index (χ0n) is 26.9. The van der Waals surface area contributed by atoms with Gasteiger partial charge in [0.05, 0.1) is 0 Å². The Kier molecular flexibility index (Phi) is 6.91. The smallest absolute Gasteiger partial charge is 0.263 e. The van der Waals surface area contributed by atoms with Gasteiger partial charge in [-0.25, -0.2) is 0 Å². The van der Waals surface area contributed by atoms with Crippen molar-refractivity contribution in [1.82, 2.24) is 0 Å². The Bertz CT molecular complexity index is 2410. The highest BCUT2D eigenvalue weighted by Crippen LogP contribution is 2.44. The molecule has 0 unspecified atom stereocenters. The number of hydrogen-bond donors (Lipinski definition) is 3. The molecule has 0 heterocycles. The van der Waals surface area contributed by atoms with Gasteiger partial charge in [0.2, 0.25) is 17.7 Å². The van der Waals surface area contributed by atoms with Gasteiger partial charge in [-0.05, 0) is 131 Å². The van der Waals surface area contributed by atoms with Crippen molar-refractivity contribution < 1.29 is 19.2 Å². The zero-order chi connectivity index (χ0) is 34.2. The molecular weight excluding hydrogens is 600 g/mol. The molecule has 0 aliphatic heterocycles. The van der Waals surface area contributed by atoms with E-state index >= 15 is 4.79 Å². The van der Waals surface area contributed by atoms with Crippen LogP contribution >= 0.6 is 0 Å². The first-order valence-electron chi connectivity index (χ1n) is 15.5. The third kappa shape index (κ3) is 4.60.